The first kappa shape index (κ1) is 14.8. The molecule has 0 aliphatic carbocycles. The van der Waals surface area contributed by atoms with E-state index in [1.807, 2.05) is 6.08 Å². The van der Waals surface area contributed by atoms with Crippen LogP contribution in [0.25, 0.3) is 10.9 Å². The monoisotopic (exact) mass is 271 g/mol. The predicted octanol–water partition coefficient (Wildman–Crippen LogP) is 3.89. The lowest BCUT2D eigenvalue weighted by Gasteiger charge is -2.19. The summed E-state index contributed by atoms with van der Waals surface area (Å²) in [6.45, 7) is 12.1. The number of aromatic nitrogens is 2. The molecule has 0 aliphatic heterocycles. The highest BCUT2D eigenvalue weighted by molar-refractivity contribution is 5.81. The number of para-hydroxylation sites is 1. The Morgan fingerprint density at radius 2 is 2.05 bits per heavy atom. The minimum atomic E-state index is 0.105. The van der Waals surface area contributed by atoms with Crippen LogP contribution in [-0.4, -0.2) is 15.3 Å². The third kappa shape index (κ3) is 3.70. The zero-order valence-electron chi connectivity index (χ0n) is 12.8. The molecule has 108 valence electrons. The van der Waals surface area contributed by atoms with Crippen molar-refractivity contribution < 1.29 is 0 Å². The number of hydrogen-bond donors (Lipinski definition) is 1. The maximum atomic E-state index is 4.78. The summed E-state index contributed by atoms with van der Waals surface area (Å²) >= 11 is 0. The summed E-state index contributed by atoms with van der Waals surface area (Å²) in [5.74, 6) is 0. The summed E-state index contributed by atoms with van der Waals surface area (Å²) < 4.78 is 2.12. The Morgan fingerprint density at radius 1 is 1.30 bits per heavy atom. The van der Waals surface area contributed by atoms with E-state index in [0.717, 1.165) is 31.6 Å². The first-order valence-corrected chi connectivity index (χ1v) is 7.31. The van der Waals surface area contributed by atoms with Gasteiger partial charge in [0.15, 0.2) is 0 Å². The molecule has 3 heteroatoms. The predicted molar refractivity (Wildman–Crippen MR) is 85.8 cm³/mol. The number of allylic oxidation sites excluding steroid dienone is 1. The highest BCUT2D eigenvalue weighted by atomic mass is 15.3. The maximum absolute atomic E-state index is 4.78. The van der Waals surface area contributed by atoms with Gasteiger partial charge >= 0.3 is 0 Å². The normalized spacial score (nSPS) is 11.9. The van der Waals surface area contributed by atoms with Crippen LogP contribution in [-0.2, 0) is 13.1 Å². The van der Waals surface area contributed by atoms with Gasteiger partial charge in [-0.05, 0) is 39.7 Å². The third-order valence-corrected chi connectivity index (χ3v) is 3.30. The van der Waals surface area contributed by atoms with Crippen molar-refractivity contribution >= 4 is 10.9 Å². The molecule has 0 radical (unpaired) electrons. The van der Waals surface area contributed by atoms with Crippen LogP contribution in [0.5, 0.6) is 0 Å². The highest BCUT2D eigenvalue weighted by Gasteiger charge is 2.13. The second-order valence-electron chi connectivity index (χ2n) is 6.22. The second-order valence-corrected chi connectivity index (χ2v) is 6.22. The van der Waals surface area contributed by atoms with Crippen molar-refractivity contribution in [2.24, 2.45) is 0 Å². The summed E-state index contributed by atoms with van der Waals surface area (Å²) in [5.41, 5.74) is 2.46. The molecule has 0 amide bonds. The molecular weight excluding hydrogens is 246 g/mol. The molecule has 0 spiro atoms. The SMILES string of the molecule is C=CCCCn1nc(CNC(C)(C)C)c2ccccc21. The van der Waals surface area contributed by atoms with Gasteiger partial charge in [0.1, 0.15) is 0 Å². The van der Waals surface area contributed by atoms with Crippen LogP contribution in [0.2, 0.25) is 0 Å². The van der Waals surface area contributed by atoms with Crippen LogP contribution >= 0.6 is 0 Å². The number of benzene rings is 1. The Hall–Kier alpha value is -1.61. The molecule has 1 aromatic carbocycles. The first-order chi connectivity index (χ1) is 9.51. The molecule has 1 aromatic heterocycles. The van der Waals surface area contributed by atoms with Gasteiger partial charge in [0.05, 0.1) is 11.2 Å². The van der Waals surface area contributed by atoms with Gasteiger partial charge in [-0.3, -0.25) is 4.68 Å². The van der Waals surface area contributed by atoms with E-state index in [4.69, 9.17) is 5.10 Å². The maximum Gasteiger partial charge on any atom is 0.0841 e. The highest BCUT2D eigenvalue weighted by Crippen LogP contribution is 2.19. The number of rotatable bonds is 6. The largest absolute Gasteiger partial charge is 0.306 e. The molecule has 1 N–H and O–H groups in total. The number of nitrogens with one attached hydrogen (secondary N) is 1. The van der Waals surface area contributed by atoms with Gasteiger partial charge in [0.25, 0.3) is 0 Å². The molecule has 0 atom stereocenters. The zero-order valence-corrected chi connectivity index (χ0v) is 12.8. The van der Waals surface area contributed by atoms with Gasteiger partial charge in [-0.25, -0.2) is 0 Å². The summed E-state index contributed by atoms with van der Waals surface area (Å²) in [5, 5.41) is 9.56. The van der Waals surface area contributed by atoms with Crippen LogP contribution < -0.4 is 5.32 Å². The van der Waals surface area contributed by atoms with E-state index < -0.39 is 0 Å². The molecule has 1 heterocycles. The standard InChI is InChI=1S/C17H25N3/c1-5-6-9-12-20-16-11-8-7-10-14(16)15(19-20)13-18-17(2,3)4/h5,7-8,10-11,18H,1,6,9,12-13H2,2-4H3. The Morgan fingerprint density at radius 3 is 2.75 bits per heavy atom. The molecule has 3 nitrogen and oxygen atoms in total. The van der Waals surface area contributed by atoms with Gasteiger partial charge in [-0.15, -0.1) is 6.58 Å². The number of fused-ring (bicyclic) bond motifs is 1. The van der Waals surface area contributed by atoms with Gasteiger partial charge in [-0.2, -0.15) is 5.10 Å². The molecule has 0 unspecified atom stereocenters. The van der Waals surface area contributed by atoms with Crippen molar-refractivity contribution in [3.05, 3.63) is 42.6 Å². The van der Waals surface area contributed by atoms with Gasteiger partial charge in [0.2, 0.25) is 0 Å². The molecule has 20 heavy (non-hydrogen) atoms. The van der Waals surface area contributed by atoms with E-state index in [1.165, 1.54) is 10.9 Å². The van der Waals surface area contributed by atoms with Gasteiger partial charge in [-0.1, -0.05) is 24.3 Å². The first-order valence-electron chi connectivity index (χ1n) is 7.31. The van der Waals surface area contributed by atoms with Crippen molar-refractivity contribution in [3.8, 4) is 0 Å². The molecule has 2 aromatic rings. The van der Waals surface area contributed by atoms with Crippen LogP contribution in [0.4, 0.5) is 0 Å². The fraction of sp³-hybridized carbons (Fsp3) is 0.471. The second kappa shape index (κ2) is 6.23. The topological polar surface area (TPSA) is 29.9 Å². The summed E-state index contributed by atoms with van der Waals surface area (Å²) in [6.07, 6.45) is 4.08. The van der Waals surface area contributed by atoms with Gasteiger partial charge < -0.3 is 5.32 Å². The van der Waals surface area contributed by atoms with E-state index in [-0.39, 0.29) is 5.54 Å². The van der Waals surface area contributed by atoms with Crippen LogP contribution in [0.15, 0.2) is 36.9 Å². The number of aryl methyl sites for hydroxylation is 1. The van der Waals surface area contributed by atoms with Crippen LogP contribution in [0, 0.1) is 0 Å². The van der Waals surface area contributed by atoms with Crippen molar-refractivity contribution in [2.45, 2.75) is 52.2 Å². The lowest BCUT2D eigenvalue weighted by molar-refractivity contribution is 0.419. The smallest absolute Gasteiger partial charge is 0.0841 e. The molecule has 0 saturated carbocycles. The third-order valence-electron chi connectivity index (χ3n) is 3.30. The average Bonchev–Trinajstić information content (AvgIpc) is 2.75. The Balaban J connectivity index is 2.23. The molecule has 2 rings (SSSR count). The van der Waals surface area contributed by atoms with E-state index in [1.54, 1.807) is 0 Å². The molecule has 0 bridgehead atoms. The number of unbranched alkanes of at least 4 members (excludes halogenated alkanes) is 1. The summed E-state index contributed by atoms with van der Waals surface area (Å²) in [4.78, 5) is 0. The number of nitrogens with zero attached hydrogens (tertiary/aromatic N) is 2. The molecule has 0 fully saturated rings. The zero-order chi connectivity index (χ0) is 14.6. The van der Waals surface area contributed by atoms with Crippen molar-refractivity contribution in [1.29, 1.82) is 0 Å². The Kier molecular flexibility index (Phi) is 4.61. The van der Waals surface area contributed by atoms with Crippen LogP contribution in [0.3, 0.4) is 0 Å². The minimum Gasteiger partial charge on any atom is -0.306 e. The van der Waals surface area contributed by atoms with Crippen LogP contribution in [0.1, 0.15) is 39.3 Å². The minimum absolute atomic E-state index is 0.105. The lowest BCUT2D eigenvalue weighted by Crippen LogP contribution is -2.35. The molecule has 0 saturated heterocycles. The fourth-order valence-corrected chi connectivity index (χ4v) is 2.23. The Labute approximate surface area is 121 Å². The van der Waals surface area contributed by atoms with E-state index in [0.29, 0.717) is 0 Å². The summed E-state index contributed by atoms with van der Waals surface area (Å²) in [7, 11) is 0. The Bertz CT molecular complexity index is 575. The molecular formula is C17H25N3. The van der Waals surface area contributed by atoms with Crippen molar-refractivity contribution in [2.75, 3.05) is 0 Å². The van der Waals surface area contributed by atoms with E-state index in [2.05, 4.69) is 61.6 Å². The summed E-state index contributed by atoms with van der Waals surface area (Å²) in [6, 6.07) is 8.47. The quantitative estimate of drug-likeness (QED) is 0.638. The van der Waals surface area contributed by atoms with Crippen molar-refractivity contribution in [3.63, 3.8) is 0 Å². The van der Waals surface area contributed by atoms with E-state index >= 15 is 0 Å². The van der Waals surface area contributed by atoms with Crippen molar-refractivity contribution in [1.82, 2.24) is 15.1 Å². The van der Waals surface area contributed by atoms with Gasteiger partial charge in [0, 0.05) is 24.0 Å². The number of hydrogen-bond acceptors (Lipinski definition) is 2. The average molecular weight is 271 g/mol. The fourth-order valence-electron chi connectivity index (χ4n) is 2.23. The van der Waals surface area contributed by atoms with E-state index in [9.17, 15) is 0 Å². The molecule has 0 aliphatic rings. The lowest BCUT2D eigenvalue weighted by atomic mass is 10.1.